The number of rotatable bonds is 2. The second-order valence-corrected chi connectivity index (χ2v) is 6.30. The first kappa shape index (κ1) is 14.6. The van der Waals surface area contributed by atoms with E-state index in [1.807, 2.05) is 0 Å². The van der Waals surface area contributed by atoms with Crippen LogP contribution in [0.15, 0.2) is 11.8 Å². The van der Waals surface area contributed by atoms with Crippen LogP contribution in [0.3, 0.4) is 0 Å². The summed E-state index contributed by atoms with van der Waals surface area (Å²) < 4.78 is 73.8. The van der Waals surface area contributed by atoms with Crippen LogP contribution in [0.5, 0.6) is 0 Å². The zero-order valence-electron chi connectivity index (χ0n) is 10.2. The van der Waals surface area contributed by atoms with Gasteiger partial charge in [0.2, 0.25) is 0 Å². The van der Waals surface area contributed by atoms with E-state index in [9.17, 15) is 21.6 Å². The van der Waals surface area contributed by atoms with Gasteiger partial charge in [-0.2, -0.15) is 21.6 Å². The monoisotopic (exact) mass is 302 g/mol. The summed E-state index contributed by atoms with van der Waals surface area (Å²) in [6.07, 6.45) is 0.755. The minimum Gasteiger partial charge on any atom is -0.378 e. The molecule has 1 fully saturated rings. The van der Waals surface area contributed by atoms with E-state index in [1.54, 1.807) is 13.8 Å². The Morgan fingerprint density at radius 3 is 2.58 bits per heavy atom. The van der Waals surface area contributed by atoms with Crippen molar-refractivity contribution in [2.24, 2.45) is 0 Å². The molecule has 2 aliphatic rings. The first-order chi connectivity index (χ1) is 8.52. The Morgan fingerprint density at radius 1 is 1.37 bits per heavy atom. The lowest BCUT2D eigenvalue weighted by atomic mass is 10.0. The zero-order valence-corrected chi connectivity index (χ0v) is 11.0. The Bertz CT molecular complexity index is 494. The van der Waals surface area contributed by atoms with E-state index in [1.165, 1.54) is 6.08 Å². The lowest BCUT2D eigenvalue weighted by molar-refractivity contribution is -0.145. The van der Waals surface area contributed by atoms with Crippen LogP contribution in [0, 0.1) is 0 Å². The van der Waals surface area contributed by atoms with Crippen LogP contribution in [0.25, 0.3) is 0 Å². The average molecular weight is 302 g/mol. The van der Waals surface area contributed by atoms with E-state index in [0.29, 0.717) is 12.8 Å². The van der Waals surface area contributed by atoms with Gasteiger partial charge in [0.25, 0.3) is 0 Å². The molecule has 2 atom stereocenters. The fourth-order valence-corrected chi connectivity index (χ4v) is 2.56. The van der Waals surface area contributed by atoms with Gasteiger partial charge in [-0.25, -0.2) is 0 Å². The number of alkyl halides is 3. The van der Waals surface area contributed by atoms with E-state index in [4.69, 9.17) is 9.47 Å². The number of allylic oxidation sites excluding steroid dienone is 1. The van der Waals surface area contributed by atoms with Crippen LogP contribution < -0.4 is 0 Å². The van der Waals surface area contributed by atoms with Crippen molar-refractivity contribution in [3.63, 3.8) is 0 Å². The van der Waals surface area contributed by atoms with Crippen molar-refractivity contribution in [2.45, 2.75) is 50.2 Å². The topological polar surface area (TPSA) is 61.8 Å². The molecule has 0 aromatic rings. The Hall–Kier alpha value is -0.800. The average Bonchev–Trinajstić information content (AvgIpc) is 2.51. The fraction of sp³-hybridized carbons (Fsp3) is 0.800. The summed E-state index contributed by atoms with van der Waals surface area (Å²) in [4.78, 5) is 0. The SMILES string of the molecule is CC1(C)OC2CCC=C(OS(=O)(=O)C(F)(F)F)C2O1. The molecule has 1 heterocycles. The molecule has 19 heavy (non-hydrogen) atoms. The molecule has 1 aliphatic carbocycles. The highest BCUT2D eigenvalue weighted by Crippen LogP contribution is 2.39. The van der Waals surface area contributed by atoms with Crippen LogP contribution in [0.1, 0.15) is 26.7 Å². The van der Waals surface area contributed by atoms with Gasteiger partial charge in [0.05, 0.1) is 6.10 Å². The van der Waals surface area contributed by atoms with E-state index in [-0.39, 0.29) is 5.76 Å². The maximum absolute atomic E-state index is 12.3. The van der Waals surface area contributed by atoms with Crippen molar-refractivity contribution in [2.75, 3.05) is 0 Å². The van der Waals surface area contributed by atoms with E-state index >= 15 is 0 Å². The summed E-state index contributed by atoms with van der Waals surface area (Å²) in [6, 6.07) is 0. The lowest BCUT2D eigenvalue weighted by Crippen LogP contribution is -2.33. The predicted molar refractivity (Wildman–Crippen MR) is 57.2 cm³/mol. The molecule has 0 spiro atoms. The highest BCUT2D eigenvalue weighted by Gasteiger charge is 2.52. The maximum atomic E-state index is 12.3. The van der Waals surface area contributed by atoms with Crippen molar-refractivity contribution in [1.82, 2.24) is 0 Å². The summed E-state index contributed by atoms with van der Waals surface area (Å²) in [5.41, 5.74) is -5.46. The molecule has 0 aromatic carbocycles. The Morgan fingerprint density at radius 2 is 2.00 bits per heavy atom. The summed E-state index contributed by atoms with van der Waals surface area (Å²) in [5.74, 6) is -1.34. The third kappa shape index (κ3) is 2.87. The minimum absolute atomic E-state index is 0.362. The van der Waals surface area contributed by atoms with Gasteiger partial charge in [-0.05, 0) is 32.8 Å². The Balaban J connectivity index is 2.20. The summed E-state index contributed by atoms with van der Waals surface area (Å²) in [5, 5.41) is 0. The lowest BCUT2D eigenvalue weighted by Gasteiger charge is -2.23. The zero-order chi connectivity index (χ0) is 14.5. The molecule has 2 rings (SSSR count). The molecule has 0 bridgehead atoms. The second kappa shape index (κ2) is 4.35. The van der Waals surface area contributed by atoms with E-state index in [0.717, 1.165) is 0 Å². The standard InChI is InChI=1S/C10H13F3O5S/c1-9(2)16-6-4-3-5-7(8(6)17-9)18-19(14,15)10(11,12)13/h5-6,8H,3-4H2,1-2H3. The molecule has 0 radical (unpaired) electrons. The summed E-state index contributed by atoms with van der Waals surface area (Å²) in [6.45, 7) is 3.20. The molecule has 0 amide bonds. The van der Waals surface area contributed by atoms with Crippen LogP contribution in [0.2, 0.25) is 0 Å². The minimum atomic E-state index is -5.68. The van der Waals surface area contributed by atoms with Crippen LogP contribution in [-0.2, 0) is 23.8 Å². The third-order valence-electron chi connectivity index (χ3n) is 2.75. The van der Waals surface area contributed by atoms with Crippen LogP contribution in [-0.4, -0.2) is 31.9 Å². The largest absolute Gasteiger partial charge is 0.534 e. The first-order valence-electron chi connectivity index (χ1n) is 5.58. The molecule has 5 nitrogen and oxygen atoms in total. The van der Waals surface area contributed by atoms with Crippen LogP contribution in [0.4, 0.5) is 13.2 Å². The van der Waals surface area contributed by atoms with Gasteiger partial charge >= 0.3 is 15.6 Å². The molecule has 0 saturated carbocycles. The van der Waals surface area contributed by atoms with Crippen molar-refractivity contribution >= 4 is 10.1 Å². The summed E-state index contributed by atoms with van der Waals surface area (Å²) in [7, 11) is -5.68. The second-order valence-electron chi connectivity index (χ2n) is 4.76. The van der Waals surface area contributed by atoms with Gasteiger partial charge < -0.3 is 13.7 Å². The summed E-state index contributed by atoms with van der Waals surface area (Å²) >= 11 is 0. The van der Waals surface area contributed by atoms with Gasteiger partial charge in [-0.1, -0.05) is 0 Å². The molecule has 0 aromatic heterocycles. The van der Waals surface area contributed by atoms with Gasteiger partial charge in [-0.15, -0.1) is 0 Å². The van der Waals surface area contributed by atoms with Crippen molar-refractivity contribution in [1.29, 1.82) is 0 Å². The fourth-order valence-electron chi connectivity index (χ4n) is 2.05. The van der Waals surface area contributed by atoms with Crippen molar-refractivity contribution in [3.8, 4) is 0 Å². The highest BCUT2D eigenvalue weighted by molar-refractivity contribution is 7.87. The molecule has 1 aliphatic heterocycles. The molecule has 110 valence electrons. The molecule has 0 N–H and O–H groups in total. The molecule has 1 saturated heterocycles. The quantitative estimate of drug-likeness (QED) is 0.577. The number of hydrogen-bond donors (Lipinski definition) is 0. The predicted octanol–water partition coefficient (Wildman–Crippen LogP) is 2.05. The number of halogens is 3. The Labute approximate surface area is 108 Å². The van der Waals surface area contributed by atoms with Crippen molar-refractivity contribution < 1.29 is 35.2 Å². The molecule has 2 unspecified atom stereocenters. The Kier molecular flexibility index (Phi) is 3.35. The third-order valence-corrected chi connectivity index (χ3v) is 3.73. The molecule has 9 heteroatoms. The molecular formula is C10H13F3O5S. The smallest absolute Gasteiger partial charge is 0.378 e. The number of ether oxygens (including phenoxy) is 2. The normalized spacial score (nSPS) is 30.7. The first-order valence-corrected chi connectivity index (χ1v) is 6.99. The van der Waals surface area contributed by atoms with Gasteiger partial charge in [0.1, 0.15) is 11.9 Å². The highest BCUT2D eigenvalue weighted by atomic mass is 32.2. The van der Waals surface area contributed by atoms with Gasteiger partial charge in [-0.3, -0.25) is 0 Å². The van der Waals surface area contributed by atoms with E-state index in [2.05, 4.69) is 4.18 Å². The van der Waals surface area contributed by atoms with E-state index < -0.39 is 33.6 Å². The van der Waals surface area contributed by atoms with Gasteiger partial charge in [0, 0.05) is 0 Å². The maximum Gasteiger partial charge on any atom is 0.534 e. The molecular weight excluding hydrogens is 289 g/mol. The number of hydrogen-bond acceptors (Lipinski definition) is 5. The number of fused-ring (bicyclic) bond motifs is 1. The van der Waals surface area contributed by atoms with Crippen molar-refractivity contribution in [3.05, 3.63) is 11.8 Å². The van der Waals surface area contributed by atoms with Gasteiger partial charge in [0.15, 0.2) is 5.79 Å². The van der Waals surface area contributed by atoms with Crippen LogP contribution >= 0.6 is 0 Å².